The third kappa shape index (κ3) is 4.14. The number of nitrogens with two attached hydrogens (primary N) is 3. The van der Waals surface area contributed by atoms with Crippen molar-refractivity contribution in [3.8, 4) is 10.6 Å². The number of aliphatic imine (C=N–C) groups is 1. The number of thiophene rings is 1. The second kappa shape index (κ2) is 8.90. The fourth-order valence-corrected chi connectivity index (χ4v) is 5.86. The van der Waals surface area contributed by atoms with Gasteiger partial charge in [0.05, 0.1) is 27.8 Å². The molecule has 1 aliphatic rings. The zero-order valence-corrected chi connectivity index (χ0v) is 19.7. The lowest BCUT2D eigenvalue weighted by molar-refractivity contribution is 0.0991. The van der Waals surface area contributed by atoms with E-state index in [0.717, 1.165) is 57.3 Å². The number of primary amides is 1. The Morgan fingerprint density at radius 1 is 1.06 bits per heavy atom. The number of amides is 1. The summed E-state index contributed by atoms with van der Waals surface area (Å²) >= 11 is 1.63. The molecule has 0 spiro atoms. The van der Waals surface area contributed by atoms with Crippen molar-refractivity contribution in [1.29, 1.82) is 0 Å². The first-order valence-corrected chi connectivity index (χ1v) is 12.2. The summed E-state index contributed by atoms with van der Waals surface area (Å²) in [6.07, 6.45) is 4.08. The van der Waals surface area contributed by atoms with Crippen molar-refractivity contribution in [3.63, 3.8) is 0 Å². The summed E-state index contributed by atoms with van der Waals surface area (Å²) in [5.74, 6) is -0.539. The van der Waals surface area contributed by atoms with Gasteiger partial charge in [0.1, 0.15) is 0 Å². The fraction of sp³-hybridized carbons (Fsp3) is 0.280. The van der Waals surface area contributed by atoms with Gasteiger partial charge in [0.2, 0.25) is 5.82 Å². The summed E-state index contributed by atoms with van der Waals surface area (Å²) in [6, 6.07) is 14.2. The van der Waals surface area contributed by atoms with E-state index in [9.17, 15) is 4.79 Å². The van der Waals surface area contributed by atoms with E-state index in [1.54, 1.807) is 11.3 Å². The van der Waals surface area contributed by atoms with E-state index in [1.165, 1.54) is 0 Å². The fourth-order valence-electron chi connectivity index (χ4n) is 4.69. The molecule has 4 aromatic rings. The Labute approximate surface area is 201 Å². The molecule has 34 heavy (non-hydrogen) atoms. The summed E-state index contributed by atoms with van der Waals surface area (Å²) < 4.78 is 1.12. The van der Waals surface area contributed by atoms with Gasteiger partial charge >= 0.3 is 0 Å². The molecule has 2 heterocycles. The van der Waals surface area contributed by atoms with Crippen LogP contribution < -0.4 is 22.5 Å². The van der Waals surface area contributed by atoms with Crippen molar-refractivity contribution in [3.05, 3.63) is 53.9 Å². The third-order valence-electron chi connectivity index (χ3n) is 6.26. The van der Waals surface area contributed by atoms with Gasteiger partial charge in [-0.25, -0.2) is 15.0 Å². The molecule has 5 rings (SSSR count). The number of benzene rings is 2. The Bertz CT molecular complexity index is 1420. The summed E-state index contributed by atoms with van der Waals surface area (Å²) in [5.41, 5.74) is 20.5. The zero-order chi connectivity index (χ0) is 23.8. The minimum absolute atomic E-state index is 0.00386. The van der Waals surface area contributed by atoms with Gasteiger partial charge in [0, 0.05) is 21.5 Å². The molecular formula is C25H27N7OS. The number of carbonyl (C=O) groups is 1. The normalized spacial score (nSPS) is 18.1. The first-order valence-electron chi connectivity index (χ1n) is 11.4. The van der Waals surface area contributed by atoms with Crippen LogP contribution in [0.5, 0.6) is 0 Å². The largest absolute Gasteiger partial charge is 0.378 e. The molecule has 0 unspecified atom stereocenters. The number of nitrogens with zero attached hydrogens (tertiary/aromatic N) is 3. The van der Waals surface area contributed by atoms with Crippen LogP contribution in [-0.2, 0) is 0 Å². The number of rotatable bonds is 5. The van der Waals surface area contributed by atoms with Crippen LogP contribution in [0.15, 0.2) is 47.5 Å². The molecule has 174 valence electrons. The average molecular weight is 474 g/mol. The quantitative estimate of drug-likeness (QED) is 0.255. The van der Waals surface area contributed by atoms with E-state index in [0.29, 0.717) is 11.2 Å². The second-order valence-electron chi connectivity index (χ2n) is 8.74. The molecule has 2 atom stereocenters. The van der Waals surface area contributed by atoms with Crippen LogP contribution in [0.25, 0.3) is 31.6 Å². The van der Waals surface area contributed by atoms with Crippen molar-refractivity contribution >= 4 is 49.9 Å². The molecule has 2 aromatic heterocycles. The van der Waals surface area contributed by atoms with E-state index in [1.807, 2.05) is 37.3 Å². The molecule has 7 N–H and O–H groups in total. The smallest absolute Gasteiger partial charge is 0.286 e. The van der Waals surface area contributed by atoms with Crippen molar-refractivity contribution in [2.24, 2.45) is 22.2 Å². The summed E-state index contributed by atoms with van der Waals surface area (Å²) in [6.45, 7) is 2.02. The number of nitrogens with one attached hydrogen (secondary N) is 1. The van der Waals surface area contributed by atoms with Crippen LogP contribution in [0.1, 0.15) is 41.9 Å². The van der Waals surface area contributed by atoms with Crippen LogP contribution >= 0.6 is 11.3 Å². The molecule has 0 bridgehead atoms. The van der Waals surface area contributed by atoms with E-state index >= 15 is 0 Å². The number of fused-ring (bicyclic) bond motifs is 2. The number of hydrogen-bond acceptors (Lipinski definition) is 6. The van der Waals surface area contributed by atoms with Gasteiger partial charge in [-0.2, -0.15) is 0 Å². The predicted octanol–water partition coefficient (Wildman–Crippen LogP) is 3.92. The van der Waals surface area contributed by atoms with Gasteiger partial charge in [0.15, 0.2) is 5.96 Å². The Kier molecular flexibility index (Phi) is 5.79. The van der Waals surface area contributed by atoms with Crippen molar-refractivity contribution in [2.75, 3.05) is 5.32 Å². The summed E-state index contributed by atoms with van der Waals surface area (Å²) in [4.78, 5) is 26.6. The molecule has 1 fully saturated rings. The molecule has 9 heteroatoms. The first-order chi connectivity index (χ1) is 16.4. The molecule has 8 nitrogen and oxygen atoms in total. The van der Waals surface area contributed by atoms with Gasteiger partial charge in [-0.05, 0) is 38.0 Å². The highest BCUT2D eigenvalue weighted by molar-refractivity contribution is 7.23. The number of aryl methyl sites for hydroxylation is 1. The lowest BCUT2D eigenvalue weighted by atomic mass is 9.90. The number of hydrogen-bond donors (Lipinski definition) is 4. The standard InChI is InChI=1S/C25H27N7OS/c1-13-10-11-16-15(12-13)21(32-24(30-16)23(26)33)22-20(14-6-2-5-9-19(14)34-22)29-17-7-3-4-8-18(17)31-25(27)28/h2,5-6,9-12,17-18,29H,3-4,7-8H2,1H3,(H2,26,33)(H4,27,28,31)/t17-,18+/m0/s1. The van der Waals surface area contributed by atoms with Crippen LogP contribution in [0.4, 0.5) is 5.69 Å². The molecule has 1 saturated carbocycles. The van der Waals surface area contributed by atoms with Crippen molar-refractivity contribution in [1.82, 2.24) is 9.97 Å². The van der Waals surface area contributed by atoms with E-state index in [-0.39, 0.29) is 23.9 Å². The molecular weight excluding hydrogens is 446 g/mol. The Morgan fingerprint density at radius 2 is 1.85 bits per heavy atom. The van der Waals surface area contributed by atoms with Crippen molar-refractivity contribution < 1.29 is 4.79 Å². The Hall–Kier alpha value is -3.72. The van der Waals surface area contributed by atoms with Crippen molar-refractivity contribution in [2.45, 2.75) is 44.7 Å². The first kappa shape index (κ1) is 22.1. The van der Waals surface area contributed by atoms with Gasteiger partial charge in [-0.1, -0.05) is 42.7 Å². The van der Waals surface area contributed by atoms with Gasteiger partial charge in [-0.15, -0.1) is 11.3 Å². The van der Waals surface area contributed by atoms with E-state index in [2.05, 4.69) is 32.4 Å². The highest BCUT2D eigenvalue weighted by Crippen LogP contribution is 2.45. The van der Waals surface area contributed by atoms with Gasteiger partial charge in [0.25, 0.3) is 5.91 Å². The molecule has 0 radical (unpaired) electrons. The van der Waals surface area contributed by atoms with Crippen LogP contribution in [0, 0.1) is 6.92 Å². The minimum atomic E-state index is -0.653. The molecule has 0 aliphatic heterocycles. The van der Waals surface area contributed by atoms with Gasteiger partial charge in [-0.3, -0.25) is 4.79 Å². The highest BCUT2D eigenvalue weighted by atomic mass is 32.1. The molecule has 1 amide bonds. The minimum Gasteiger partial charge on any atom is -0.378 e. The summed E-state index contributed by atoms with van der Waals surface area (Å²) in [7, 11) is 0. The van der Waals surface area contributed by atoms with E-state index in [4.69, 9.17) is 17.2 Å². The van der Waals surface area contributed by atoms with Crippen LogP contribution in [-0.4, -0.2) is 33.9 Å². The number of aromatic nitrogens is 2. The molecule has 2 aromatic carbocycles. The zero-order valence-electron chi connectivity index (χ0n) is 18.9. The number of guanidine groups is 1. The maximum atomic E-state index is 12.1. The second-order valence-corrected chi connectivity index (χ2v) is 9.79. The van der Waals surface area contributed by atoms with E-state index < -0.39 is 5.91 Å². The topological polar surface area (TPSA) is 145 Å². The SMILES string of the molecule is Cc1ccc2nc(C(N)=O)nc(-c3sc4ccccc4c3N[C@H]3CCCC[C@H]3N=C(N)N)c2c1. The lowest BCUT2D eigenvalue weighted by Gasteiger charge is -2.30. The monoisotopic (exact) mass is 473 g/mol. The Morgan fingerprint density at radius 3 is 2.65 bits per heavy atom. The molecule has 1 aliphatic carbocycles. The number of anilines is 1. The summed E-state index contributed by atoms with van der Waals surface area (Å²) in [5, 5.41) is 5.74. The maximum absolute atomic E-state index is 12.1. The average Bonchev–Trinajstić information content (AvgIpc) is 3.17. The third-order valence-corrected chi connectivity index (χ3v) is 7.43. The highest BCUT2D eigenvalue weighted by Gasteiger charge is 2.28. The van der Waals surface area contributed by atoms with Crippen LogP contribution in [0.3, 0.4) is 0 Å². The maximum Gasteiger partial charge on any atom is 0.286 e. The van der Waals surface area contributed by atoms with Crippen LogP contribution in [0.2, 0.25) is 0 Å². The number of carbonyl (C=O) groups excluding carboxylic acids is 1. The lowest BCUT2D eigenvalue weighted by Crippen LogP contribution is -2.38. The predicted molar refractivity (Wildman–Crippen MR) is 139 cm³/mol. The molecule has 0 saturated heterocycles. The van der Waals surface area contributed by atoms with Gasteiger partial charge < -0.3 is 22.5 Å². The Balaban J connectivity index is 1.72.